The zero-order chi connectivity index (χ0) is 13.4. The lowest BCUT2D eigenvalue weighted by molar-refractivity contribution is 0.101. The summed E-state index contributed by atoms with van der Waals surface area (Å²) in [6.45, 7) is 1.99. The number of aromatic nitrogens is 1. The van der Waals surface area contributed by atoms with Gasteiger partial charge in [0.05, 0.1) is 5.02 Å². The molecule has 0 spiro atoms. The number of pyridine rings is 1. The first-order chi connectivity index (χ1) is 9.15. The fourth-order valence-electron chi connectivity index (χ4n) is 1.94. The van der Waals surface area contributed by atoms with Crippen LogP contribution >= 0.6 is 11.6 Å². The van der Waals surface area contributed by atoms with Crippen molar-refractivity contribution in [1.82, 2.24) is 4.98 Å². The second-order valence-corrected chi connectivity index (χ2v) is 4.72. The van der Waals surface area contributed by atoms with Crippen LogP contribution in [0.15, 0.2) is 47.0 Å². The van der Waals surface area contributed by atoms with Crippen molar-refractivity contribution in [3.63, 3.8) is 0 Å². The zero-order valence-electron chi connectivity index (χ0n) is 10.2. The van der Waals surface area contributed by atoms with E-state index in [0.29, 0.717) is 10.6 Å². The molecule has 3 rings (SSSR count). The smallest absolute Gasteiger partial charge is 0.248 e. The first-order valence-corrected chi connectivity index (χ1v) is 6.18. The van der Waals surface area contributed by atoms with Gasteiger partial charge in [0, 0.05) is 11.6 Å². The van der Waals surface area contributed by atoms with E-state index >= 15 is 0 Å². The highest BCUT2D eigenvalue weighted by Gasteiger charge is 2.18. The van der Waals surface area contributed by atoms with E-state index in [4.69, 9.17) is 16.0 Å². The third kappa shape index (κ3) is 2.13. The summed E-state index contributed by atoms with van der Waals surface area (Å²) in [4.78, 5) is 16.3. The second-order valence-electron chi connectivity index (χ2n) is 4.31. The molecule has 0 aliphatic heterocycles. The van der Waals surface area contributed by atoms with Crippen LogP contribution in [0.3, 0.4) is 0 Å². The predicted molar refractivity (Wildman–Crippen MR) is 73.6 cm³/mol. The van der Waals surface area contributed by atoms with Gasteiger partial charge < -0.3 is 4.42 Å². The van der Waals surface area contributed by atoms with Crippen LogP contribution < -0.4 is 0 Å². The standard InChI is InChI=1S/C15H10ClNO2/c1-9-4-5-12-10(7-9)8-13(19-12)15(18)14-11(16)3-2-6-17-14/h2-8H,1H3. The van der Waals surface area contributed by atoms with Gasteiger partial charge in [-0.05, 0) is 37.3 Å². The summed E-state index contributed by atoms with van der Waals surface area (Å²) in [5, 5.41) is 1.22. The van der Waals surface area contributed by atoms with Crippen molar-refractivity contribution in [3.05, 3.63) is 64.6 Å². The maximum atomic E-state index is 12.3. The molecule has 0 unspecified atom stereocenters. The molecule has 19 heavy (non-hydrogen) atoms. The minimum Gasteiger partial charge on any atom is -0.453 e. The molecular formula is C15H10ClNO2. The summed E-state index contributed by atoms with van der Waals surface area (Å²) in [6.07, 6.45) is 1.53. The molecule has 3 aromatic rings. The van der Waals surface area contributed by atoms with E-state index in [1.807, 2.05) is 25.1 Å². The van der Waals surface area contributed by atoms with Gasteiger partial charge >= 0.3 is 0 Å². The van der Waals surface area contributed by atoms with Gasteiger partial charge in [0.1, 0.15) is 11.3 Å². The van der Waals surface area contributed by atoms with Crippen molar-refractivity contribution in [2.24, 2.45) is 0 Å². The lowest BCUT2D eigenvalue weighted by Crippen LogP contribution is -2.03. The minimum absolute atomic E-state index is 0.208. The van der Waals surface area contributed by atoms with E-state index in [2.05, 4.69) is 4.98 Å². The van der Waals surface area contributed by atoms with Gasteiger partial charge in [-0.25, -0.2) is 0 Å². The Bertz CT molecular complexity index is 777. The Labute approximate surface area is 114 Å². The van der Waals surface area contributed by atoms with Crippen molar-refractivity contribution < 1.29 is 9.21 Å². The van der Waals surface area contributed by atoms with Crippen molar-refractivity contribution in [3.8, 4) is 0 Å². The average molecular weight is 272 g/mol. The summed E-state index contributed by atoms with van der Waals surface area (Å²) in [6, 6.07) is 10.8. The average Bonchev–Trinajstić information content (AvgIpc) is 2.81. The van der Waals surface area contributed by atoms with E-state index in [1.165, 1.54) is 6.20 Å². The molecule has 2 aromatic heterocycles. The van der Waals surface area contributed by atoms with Crippen LogP contribution in [0.5, 0.6) is 0 Å². The number of hydrogen-bond acceptors (Lipinski definition) is 3. The van der Waals surface area contributed by atoms with Crippen LogP contribution in [0, 0.1) is 6.92 Å². The molecule has 2 heterocycles. The summed E-state index contributed by atoms with van der Waals surface area (Å²) in [7, 11) is 0. The number of aryl methyl sites for hydroxylation is 1. The molecule has 0 amide bonds. The Morgan fingerprint density at radius 3 is 2.89 bits per heavy atom. The van der Waals surface area contributed by atoms with Gasteiger partial charge in [-0.1, -0.05) is 23.2 Å². The predicted octanol–water partition coefficient (Wildman–Crippen LogP) is 4.02. The van der Waals surface area contributed by atoms with Crippen molar-refractivity contribution in [2.45, 2.75) is 6.92 Å². The maximum Gasteiger partial charge on any atom is 0.248 e. The van der Waals surface area contributed by atoms with Crippen molar-refractivity contribution >= 4 is 28.4 Å². The van der Waals surface area contributed by atoms with Crippen LogP contribution in [0.2, 0.25) is 5.02 Å². The topological polar surface area (TPSA) is 43.1 Å². The summed E-state index contributed by atoms with van der Waals surface area (Å²) in [5.41, 5.74) is 2.00. The lowest BCUT2D eigenvalue weighted by atomic mass is 10.1. The fraction of sp³-hybridized carbons (Fsp3) is 0.0667. The summed E-state index contributed by atoms with van der Waals surface area (Å²) in [5.74, 6) is -0.0550. The Morgan fingerprint density at radius 2 is 2.11 bits per heavy atom. The number of rotatable bonds is 2. The monoisotopic (exact) mass is 271 g/mol. The van der Waals surface area contributed by atoms with Crippen LogP contribution in [0.4, 0.5) is 0 Å². The number of ketones is 1. The lowest BCUT2D eigenvalue weighted by Gasteiger charge is -1.98. The Kier molecular flexibility index (Phi) is 2.84. The molecule has 0 aliphatic rings. The first-order valence-electron chi connectivity index (χ1n) is 5.80. The molecular weight excluding hydrogens is 262 g/mol. The number of nitrogens with zero attached hydrogens (tertiary/aromatic N) is 1. The van der Waals surface area contributed by atoms with Gasteiger partial charge in [0.2, 0.25) is 5.78 Å². The summed E-state index contributed by atoms with van der Waals surface area (Å²) >= 11 is 5.97. The molecule has 0 N–H and O–H groups in total. The van der Waals surface area contributed by atoms with Crippen LogP contribution in [0.25, 0.3) is 11.0 Å². The van der Waals surface area contributed by atoms with Crippen molar-refractivity contribution in [1.29, 1.82) is 0 Å². The molecule has 4 heteroatoms. The normalized spacial score (nSPS) is 10.8. The van der Waals surface area contributed by atoms with E-state index in [0.717, 1.165) is 10.9 Å². The number of carbonyl (C=O) groups is 1. The SMILES string of the molecule is Cc1ccc2oc(C(=O)c3ncccc3Cl)cc2c1. The van der Waals surface area contributed by atoms with Gasteiger partial charge in [0.15, 0.2) is 5.76 Å². The molecule has 0 aliphatic carbocycles. The molecule has 0 radical (unpaired) electrons. The third-order valence-electron chi connectivity index (χ3n) is 2.87. The van der Waals surface area contributed by atoms with Crippen LogP contribution in [0.1, 0.15) is 21.8 Å². The Morgan fingerprint density at radius 1 is 1.26 bits per heavy atom. The van der Waals surface area contributed by atoms with Crippen molar-refractivity contribution in [2.75, 3.05) is 0 Å². The molecule has 0 fully saturated rings. The molecule has 0 bridgehead atoms. The quantitative estimate of drug-likeness (QED) is 0.661. The van der Waals surface area contributed by atoms with E-state index in [9.17, 15) is 4.79 Å². The zero-order valence-corrected chi connectivity index (χ0v) is 10.9. The molecule has 3 nitrogen and oxygen atoms in total. The highest BCUT2D eigenvalue weighted by Crippen LogP contribution is 2.24. The summed E-state index contributed by atoms with van der Waals surface area (Å²) < 4.78 is 5.55. The molecule has 94 valence electrons. The highest BCUT2D eigenvalue weighted by molar-refractivity contribution is 6.34. The van der Waals surface area contributed by atoms with Gasteiger partial charge in [-0.2, -0.15) is 0 Å². The molecule has 0 atom stereocenters. The number of carbonyl (C=O) groups excluding carboxylic acids is 1. The van der Waals surface area contributed by atoms with Crippen LogP contribution in [-0.2, 0) is 0 Å². The van der Waals surface area contributed by atoms with E-state index in [1.54, 1.807) is 18.2 Å². The fourth-order valence-corrected chi connectivity index (χ4v) is 2.15. The largest absolute Gasteiger partial charge is 0.453 e. The Balaban J connectivity index is 2.09. The van der Waals surface area contributed by atoms with Gasteiger partial charge in [-0.3, -0.25) is 9.78 Å². The number of halogens is 1. The minimum atomic E-state index is -0.306. The number of benzene rings is 1. The highest BCUT2D eigenvalue weighted by atomic mass is 35.5. The third-order valence-corrected chi connectivity index (χ3v) is 3.17. The molecule has 0 saturated carbocycles. The number of furan rings is 1. The van der Waals surface area contributed by atoms with E-state index in [-0.39, 0.29) is 17.2 Å². The Hall–Kier alpha value is -2.13. The molecule has 0 saturated heterocycles. The molecule has 1 aromatic carbocycles. The van der Waals surface area contributed by atoms with Gasteiger partial charge in [-0.15, -0.1) is 0 Å². The van der Waals surface area contributed by atoms with E-state index < -0.39 is 0 Å². The van der Waals surface area contributed by atoms with Gasteiger partial charge in [0.25, 0.3) is 0 Å². The number of hydrogen-bond donors (Lipinski definition) is 0. The first kappa shape index (κ1) is 11.9. The second kappa shape index (κ2) is 4.52. The number of fused-ring (bicyclic) bond motifs is 1. The maximum absolute atomic E-state index is 12.3. The van der Waals surface area contributed by atoms with Crippen LogP contribution in [-0.4, -0.2) is 10.8 Å².